The molecule has 4 aliphatic carbocycles. The van der Waals surface area contributed by atoms with Crippen LogP contribution in [0.5, 0.6) is 0 Å². The molecule has 244 valence electrons. The fourth-order valence-electron chi connectivity index (χ4n) is 8.27. The van der Waals surface area contributed by atoms with Crippen LogP contribution in [0.1, 0.15) is 80.1 Å². The molecule has 0 spiro atoms. The number of ether oxygens (including phenoxy) is 4. The van der Waals surface area contributed by atoms with E-state index in [2.05, 4.69) is 52.0 Å². The summed E-state index contributed by atoms with van der Waals surface area (Å²) in [6.45, 7) is 12.3. The molecule has 0 N–H and O–H groups in total. The average molecular weight is 613 g/mol. The number of esters is 4. The van der Waals surface area contributed by atoms with E-state index in [0.717, 1.165) is 30.4 Å². The minimum absolute atomic E-state index is 0.162. The van der Waals surface area contributed by atoms with E-state index >= 15 is 0 Å². The number of fused-ring (bicyclic) bond motifs is 2. The summed E-state index contributed by atoms with van der Waals surface area (Å²) in [6.07, 6.45) is 13.8. The first-order chi connectivity index (χ1) is 20.7. The van der Waals surface area contributed by atoms with E-state index in [0.29, 0.717) is 12.8 Å². The number of carbonyl (C=O) groups excluding carboxylic acids is 4. The van der Waals surface area contributed by atoms with Crippen molar-refractivity contribution in [3.05, 3.63) is 47.1 Å². The van der Waals surface area contributed by atoms with Crippen LogP contribution >= 0.6 is 0 Å². The summed E-state index contributed by atoms with van der Waals surface area (Å²) in [5, 5.41) is 0. The molecule has 2 bridgehead atoms. The molecule has 0 radical (unpaired) electrons. The van der Waals surface area contributed by atoms with Crippen molar-refractivity contribution in [1.29, 1.82) is 0 Å². The number of methoxy groups -OCH3 is 4. The van der Waals surface area contributed by atoms with Gasteiger partial charge in [-0.1, -0.05) is 67.9 Å². The SMILES string of the molecule is COC(=O)CC1(C(=O)OC)CC2(C(C)C)C=CC1(C1=CC(/C=C(\C)CCC=C(C)C)C(C(=O)OC)C(C(=O)OC)C1C)CC2. The fraction of sp³-hybridized carbons (Fsp3) is 0.667. The van der Waals surface area contributed by atoms with Gasteiger partial charge < -0.3 is 18.9 Å². The summed E-state index contributed by atoms with van der Waals surface area (Å²) < 4.78 is 21.2. The summed E-state index contributed by atoms with van der Waals surface area (Å²) >= 11 is 0. The van der Waals surface area contributed by atoms with Gasteiger partial charge in [0.15, 0.2) is 0 Å². The Morgan fingerprint density at radius 2 is 1.55 bits per heavy atom. The third kappa shape index (κ3) is 6.18. The lowest BCUT2D eigenvalue weighted by Gasteiger charge is -2.63. The van der Waals surface area contributed by atoms with Crippen LogP contribution in [0.15, 0.2) is 47.1 Å². The molecular formula is C36H52O8. The van der Waals surface area contributed by atoms with Crippen LogP contribution in [0.3, 0.4) is 0 Å². The molecule has 4 rings (SSSR count). The van der Waals surface area contributed by atoms with Crippen LogP contribution in [0, 0.1) is 45.8 Å². The number of hydrogen-bond donors (Lipinski definition) is 0. The standard InChI is InChI=1S/C36H52O8/c1-22(2)12-11-13-24(5)18-26-19-27(25(6)29(31(38)42-8)30(26)32(39)43-9)35-16-14-34(15-17-35,23(3)4)21-36(35,33(40)44-10)20-28(37)41-7/h12,14,16,18-19,23,25-26,29-30H,11,13,15,17,20-21H2,1-10H3/b24-18+. The molecule has 0 saturated heterocycles. The molecule has 8 heteroatoms. The van der Waals surface area contributed by atoms with Gasteiger partial charge in [-0.3, -0.25) is 19.2 Å². The smallest absolute Gasteiger partial charge is 0.313 e. The molecule has 4 aliphatic rings. The average Bonchev–Trinajstić information content (AvgIpc) is 3.00. The lowest BCUT2D eigenvalue weighted by molar-refractivity contribution is -0.178. The van der Waals surface area contributed by atoms with Crippen LogP contribution in [0.2, 0.25) is 0 Å². The Kier molecular flexibility index (Phi) is 11.1. The number of allylic oxidation sites excluding steroid dienone is 8. The summed E-state index contributed by atoms with van der Waals surface area (Å²) in [5.41, 5.74) is 0.626. The number of carbonyl (C=O) groups is 4. The molecule has 1 saturated carbocycles. The molecule has 7 atom stereocenters. The largest absolute Gasteiger partial charge is 0.469 e. The zero-order chi connectivity index (χ0) is 33.0. The van der Waals surface area contributed by atoms with Crippen LogP contribution in [-0.4, -0.2) is 52.3 Å². The fourth-order valence-corrected chi connectivity index (χ4v) is 8.27. The van der Waals surface area contributed by atoms with Gasteiger partial charge in [0.2, 0.25) is 0 Å². The normalized spacial score (nSPS) is 32.9. The van der Waals surface area contributed by atoms with E-state index in [-0.39, 0.29) is 17.8 Å². The summed E-state index contributed by atoms with van der Waals surface area (Å²) in [6, 6.07) is 0. The third-order valence-electron chi connectivity index (χ3n) is 10.8. The van der Waals surface area contributed by atoms with E-state index in [4.69, 9.17) is 18.9 Å². The van der Waals surface area contributed by atoms with Crippen LogP contribution in [-0.2, 0) is 38.1 Å². The van der Waals surface area contributed by atoms with Gasteiger partial charge >= 0.3 is 23.9 Å². The van der Waals surface area contributed by atoms with Gasteiger partial charge in [-0.15, -0.1) is 0 Å². The predicted octanol–water partition coefficient (Wildman–Crippen LogP) is 6.55. The van der Waals surface area contributed by atoms with Crippen molar-refractivity contribution in [2.45, 2.75) is 80.1 Å². The molecule has 7 unspecified atom stereocenters. The van der Waals surface area contributed by atoms with Gasteiger partial charge in [0.25, 0.3) is 0 Å². The topological polar surface area (TPSA) is 105 Å². The van der Waals surface area contributed by atoms with Crippen molar-refractivity contribution in [2.24, 2.45) is 45.8 Å². The van der Waals surface area contributed by atoms with Gasteiger partial charge in [0, 0.05) is 11.3 Å². The van der Waals surface area contributed by atoms with Crippen LogP contribution < -0.4 is 0 Å². The van der Waals surface area contributed by atoms with Gasteiger partial charge in [-0.2, -0.15) is 0 Å². The summed E-state index contributed by atoms with van der Waals surface area (Å²) in [5.74, 6) is -4.45. The van der Waals surface area contributed by atoms with E-state index in [9.17, 15) is 19.2 Å². The van der Waals surface area contributed by atoms with Crippen molar-refractivity contribution in [1.82, 2.24) is 0 Å². The predicted molar refractivity (Wildman–Crippen MR) is 168 cm³/mol. The molecule has 0 amide bonds. The first-order valence-electron chi connectivity index (χ1n) is 15.7. The van der Waals surface area contributed by atoms with E-state index < -0.39 is 58.4 Å². The van der Waals surface area contributed by atoms with E-state index in [1.165, 1.54) is 34.0 Å². The summed E-state index contributed by atoms with van der Waals surface area (Å²) in [7, 11) is 5.33. The second-order valence-corrected chi connectivity index (χ2v) is 13.6. The zero-order valence-electron chi connectivity index (χ0n) is 28.3. The molecule has 0 aliphatic heterocycles. The molecule has 0 aromatic rings. The van der Waals surface area contributed by atoms with Gasteiger partial charge in [-0.25, -0.2) is 0 Å². The number of rotatable bonds is 11. The van der Waals surface area contributed by atoms with Gasteiger partial charge in [0.1, 0.15) is 0 Å². The van der Waals surface area contributed by atoms with Crippen molar-refractivity contribution < 1.29 is 38.1 Å². The molecule has 0 aromatic carbocycles. The van der Waals surface area contributed by atoms with Gasteiger partial charge in [0.05, 0.1) is 52.1 Å². The Morgan fingerprint density at radius 3 is 2.05 bits per heavy atom. The second kappa shape index (κ2) is 13.9. The molecule has 0 heterocycles. The van der Waals surface area contributed by atoms with Crippen molar-refractivity contribution in [3.63, 3.8) is 0 Å². The van der Waals surface area contributed by atoms with Crippen molar-refractivity contribution >= 4 is 23.9 Å². The first-order valence-corrected chi connectivity index (χ1v) is 15.7. The quantitative estimate of drug-likeness (QED) is 0.147. The molecule has 1 fully saturated rings. The van der Waals surface area contributed by atoms with Crippen molar-refractivity contribution in [3.8, 4) is 0 Å². The first kappa shape index (κ1) is 35.3. The Labute approximate surface area is 263 Å². The zero-order valence-corrected chi connectivity index (χ0v) is 28.3. The highest BCUT2D eigenvalue weighted by Gasteiger charge is 2.68. The lowest BCUT2D eigenvalue weighted by atomic mass is 9.39. The maximum atomic E-state index is 14.1. The molecule has 44 heavy (non-hydrogen) atoms. The highest BCUT2D eigenvalue weighted by atomic mass is 16.5. The maximum Gasteiger partial charge on any atom is 0.313 e. The van der Waals surface area contributed by atoms with Crippen LogP contribution in [0.4, 0.5) is 0 Å². The highest BCUT2D eigenvalue weighted by Crippen LogP contribution is 2.70. The molecule has 8 nitrogen and oxygen atoms in total. The lowest BCUT2D eigenvalue weighted by Crippen LogP contribution is -2.61. The minimum Gasteiger partial charge on any atom is -0.469 e. The van der Waals surface area contributed by atoms with Crippen molar-refractivity contribution in [2.75, 3.05) is 28.4 Å². The highest BCUT2D eigenvalue weighted by molar-refractivity contribution is 5.87. The van der Waals surface area contributed by atoms with Crippen LogP contribution in [0.25, 0.3) is 0 Å². The minimum atomic E-state index is -1.27. The van der Waals surface area contributed by atoms with E-state index in [1.54, 1.807) is 0 Å². The monoisotopic (exact) mass is 612 g/mol. The Morgan fingerprint density at radius 1 is 0.909 bits per heavy atom. The molecular weight excluding hydrogens is 560 g/mol. The molecule has 0 aromatic heterocycles. The summed E-state index contributed by atoms with van der Waals surface area (Å²) in [4.78, 5) is 54.2. The third-order valence-corrected chi connectivity index (χ3v) is 10.8. The second-order valence-electron chi connectivity index (χ2n) is 13.6. The number of hydrogen-bond acceptors (Lipinski definition) is 8. The van der Waals surface area contributed by atoms with Gasteiger partial charge in [-0.05, 0) is 70.1 Å². The Bertz CT molecular complexity index is 1250. The Balaban J connectivity index is 2.37. The Hall–Kier alpha value is -3.16. The van der Waals surface area contributed by atoms with E-state index in [1.807, 2.05) is 19.9 Å². The maximum absolute atomic E-state index is 14.1.